The first-order valence-corrected chi connectivity index (χ1v) is 16.2. The third kappa shape index (κ3) is 5.11. The number of hydrogen-bond donors (Lipinski definition) is 0. The zero-order valence-electron chi connectivity index (χ0n) is 23.1. The minimum absolute atomic E-state index is 0.0298. The van der Waals surface area contributed by atoms with E-state index in [0.717, 1.165) is 44.1 Å². The highest BCUT2D eigenvalue weighted by Gasteiger charge is 2.72. The molecule has 2 aliphatic carbocycles. The predicted octanol–water partition coefficient (Wildman–Crippen LogP) is 7.19. The lowest BCUT2D eigenvalue weighted by Crippen LogP contribution is -2.43. The fraction of sp³-hybridized carbons (Fsp3) is 0.545. The molecule has 1 amide bonds. The normalized spacial score (nSPS) is 26.7. The Morgan fingerprint density at radius 1 is 0.921 bits per heavy atom. The molecule has 0 radical (unpaired) electrons. The van der Waals surface area contributed by atoms with Gasteiger partial charge in [0.05, 0.1) is 11.8 Å². The van der Waals surface area contributed by atoms with Crippen LogP contribution >= 0.6 is 0 Å². The molecule has 38 heavy (non-hydrogen) atoms. The molecule has 1 aliphatic heterocycles. The van der Waals surface area contributed by atoms with E-state index in [1.54, 1.807) is 0 Å². The Balaban J connectivity index is 1.12. The standard InChI is InChI=1S/C33H43NO3S/c1-32(2)29-22-23-33(32)25-38(36,37)34(30(33)24-29)31(35)21-20-28-19-13-12-18-27(28)17-11-6-4-3-5-8-14-26-15-9-7-10-16-26/h7,9-10,12-13,15-16,18-21,29-30H,3-6,8,11,14,17,22-25H2,1-2H3/b21-20+/t29-,30-,33-/m1/s1. The number of sulfonamides is 1. The van der Waals surface area contributed by atoms with Crippen molar-refractivity contribution in [3.8, 4) is 0 Å². The van der Waals surface area contributed by atoms with Crippen LogP contribution in [0.2, 0.25) is 0 Å². The molecule has 204 valence electrons. The summed E-state index contributed by atoms with van der Waals surface area (Å²) < 4.78 is 27.6. The number of benzene rings is 2. The molecule has 2 aromatic carbocycles. The second kappa shape index (κ2) is 11.0. The van der Waals surface area contributed by atoms with Crippen molar-refractivity contribution >= 4 is 22.0 Å². The molecule has 3 aliphatic rings. The number of aryl methyl sites for hydroxylation is 2. The van der Waals surface area contributed by atoms with Gasteiger partial charge in [-0.25, -0.2) is 12.7 Å². The van der Waals surface area contributed by atoms with Crippen molar-refractivity contribution in [2.45, 2.75) is 90.5 Å². The van der Waals surface area contributed by atoms with E-state index in [2.05, 4.69) is 50.2 Å². The number of unbranched alkanes of at least 4 members (excludes halogenated alkanes) is 5. The van der Waals surface area contributed by atoms with Gasteiger partial charge in [-0.2, -0.15) is 0 Å². The van der Waals surface area contributed by atoms with Crippen LogP contribution in [-0.2, 0) is 27.7 Å². The van der Waals surface area contributed by atoms with E-state index in [4.69, 9.17) is 0 Å². The van der Waals surface area contributed by atoms with Gasteiger partial charge in [-0.15, -0.1) is 0 Å². The summed E-state index contributed by atoms with van der Waals surface area (Å²) in [5, 5.41) is 0. The van der Waals surface area contributed by atoms with E-state index in [1.165, 1.54) is 53.6 Å². The molecule has 2 saturated carbocycles. The zero-order valence-corrected chi connectivity index (χ0v) is 23.9. The molecule has 3 fully saturated rings. The Morgan fingerprint density at radius 3 is 2.32 bits per heavy atom. The van der Waals surface area contributed by atoms with Crippen LogP contribution in [0.25, 0.3) is 6.08 Å². The maximum atomic E-state index is 13.3. The zero-order chi connectivity index (χ0) is 26.8. The van der Waals surface area contributed by atoms with Crippen LogP contribution < -0.4 is 0 Å². The molecule has 0 N–H and O–H groups in total. The van der Waals surface area contributed by atoms with E-state index < -0.39 is 10.0 Å². The third-order valence-electron chi connectivity index (χ3n) is 10.1. The largest absolute Gasteiger partial charge is 0.269 e. The Hall–Kier alpha value is -2.40. The Labute approximate surface area is 229 Å². The van der Waals surface area contributed by atoms with Gasteiger partial charge in [-0.1, -0.05) is 94.1 Å². The first-order chi connectivity index (χ1) is 18.2. The highest BCUT2D eigenvalue weighted by Crippen LogP contribution is 2.69. The highest BCUT2D eigenvalue weighted by atomic mass is 32.2. The monoisotopic (exact) mass is 533 g/mol. The molecule has 1 heterocycles. The van der Waals surface area contributed by atoms with Gasteiger partial charge in [-0.3, -0.25) is 4.79 Å². The van der Waals surface area contributed by atoms with Gasteiger partial charge in [0.2, 0.25) is 10.0 Å². The predicted molar refractivity (Wildman–Crippen MR) is 155 cm³/mol. The van der Waals surface area contributed by atoms with Crippen molar-refractivity contribution in [2.75, 3.05) is 5.75 Å². The van der Waals surface area contributed by atoms with Crippen LogP contribution in [0.15, 0.2) is 60.7 Å². The van der Waals surface area contributed by atoms with E-state index in [-0.39, 0.29) is 28.5 Å². The summed E-state index contributed by atoms with van der Waals surface area (Å²) in [5.41, 5.74) is 3.36. The third-order valence-corrected chi connectivity index (χ3v) is 12.0. The SMILES string of the molecule is CC1(C)[C@@H]2CC[C@]13CS(=O)(=O)N(C(=O)/C=C/c1ccccc1CCCCCCCCc1ccccc1)[C@@H]3C2. The summed E-state index contributed by atoms with van der Waals surface area (Å²) in [7, 11) is -3.59. The highest BCUT2D eigenvalue weighted by molar-refractivity contribution is 7.90. The summed E-state index contributed by atoms with van der Waals surface area (Å²) in [4.78, 5) is 13.3. The van der Waals surface area contributed by atoms with Crippen LogP contribution in [0.4, 0.5) is 0 Å². The van der Waals surface area contributed by atoms with Crippen molar-refractivity contribution < 1.29 is 13.2 Å². The van der Waals surface area contributed by atoms with Gasteiger partial charge in [-0.05, 0) is 79.0 Å². The quantitative estimate of drug-likeness (QED) is 0.227. The molecule has 1 spiro atoms. The van der Waals surface area contributed by atoms with Gasteiger partial charge in [0.1, 0.15) is 0 Å². The van der Waals surface area contributed by atoms with Gasteiger partial charge >= 0.3 is 0 Å². The van der Waals surface area contributed by atoms with E-state index in [1.807, 2.05) is 24.3 Å². The average molecular weight is 534 g/mol. The summed E-state index contributed by atoms with van der Waals surface area (Å²) in [6.07, 6.45) is 15.7. The summed E-state index contributed by atoms with van der Waals surface area (Å²) in [6.45, 7) is 4.43. The summed E-state index contributed by atoms with van der Waals surface area (Å²) in [6, 6.07) is 18.7. The number of amides is 1. The van der Waals surface area contributed by atoms with Crippen molar-refractivity contribution in [3.05, 3.63) is 77.4 Å². The molecule has 4 nitrogen and oxygen atoms in total. The van der Waals surface area contributed by atoms with E-state index in [0.29, 0.717) is 5.92 Å². The van der Waals surface area contributed by atoms with Crippen molar-refractivity contribution in [3.63, 3.8) is 0 Å². The minimum Gasteiger partial charge on any atom is -0.269 e. The van der Waals surface area contributed by atoms with Gasteiger partial charge in [0.15, 0.2) is 0 Å². The number of nitrogens with zero attached hydrogens (tertiary/aromatic N) is 1. The number of rotatable bonds is 11. The van der Waals surface area contributed by atoms with Crippen LogP contribution in [0.3, 0.4) is 0 Å². The molecule has 5 heteroatoms. The molecule has 0 unspecified atom stereocenters. The van der Waals surface area contributed by atoms with Gasteiger partial charge in [0.25, 0.3) is 5.91 Å². The Bertz CT molecular complexity index is 1270. The number of fused-ring (bicyclic) bond motifs is 1. The van der Waals surface area contributed by atoms with Crippen molar-refractivity contribution in [1.29, 1.82) is 0 Å². The first kappa shape index (κ1) is 27.2. The molecule has 3 atom stereocenters. The fourth-order valence-electron chi connectivity index (χ4n) is 7.73. The van der Waals surface area contributed by atoms with Crippen LogP contribution in [0, 0.1) is 16.7 Å². The van der Waals surface area contributed by atoms with Crippen LogP contribution in [-0.4, -0.2) is 30.4 Å². The van der Waals surface area contributed by atoms with Gasteiger partial charge in [0, 0.05) is 11.5 Å². The fourth-order valence-corrected chi connectivity index (χ4v) is 10.2. The molecule has 2 aromatic rings. The van der Waals surface area contributed by atoms with Crippen molar-refractivity contribution in [1.82, 2.24) is 4.31 Å². The first-order valence-electron chi connectivity index (χ1n) is 14.6. The summed E-state index contributed by atoms with van der Waals surface area (Å²) in [5.74, 6) is 0.253. The van der Waals surface area contributed by atoms with Crippen molar-refractivity contribution in [2.24, 2.45) is 16.7 Å². The smallest absolute Gasteiger partial charge is 0.260 e. The average Bonchev–Trinajstić information content (AvgIpc) is 3.38. The van der Waals surface area contributed by atoms with E-state index >= 15 is 0 Å². The Morgan fingerprint density at radius 2 is 1.58 bits per heavy atom. The number of hydrogen-bond acceptors (Lipinski definition) is 3. The second-order valence-electron chi connectivity index (χ2n) is 12.4. The maximum Gasteiger partial charge on any atom is 0.260 e. The Kier molecular flexibility index (Phi) is 7.86. The molecular weight excluding hydrogens is 490 g/mol. The maximum absolute atomic E-state index is 13.3. The summed E-state index contributed by atoms with van der Waals surface area (Å²) >= 11 is 0. The molecule has 5 rings (SSSR count). The lowest BCUT2D eigenvalue weighted by molar-refractivity contribution is -0.123. The second-order valence-corrected chi connectivity index (χ2v) is 14.2. The van der Waals surface area contributed by atoms with E-state index in [9.17, 15) is 13.2 Å². The molecule has 0 aromatic heterocycles. The lowest BCUT2D eigenvalue weighted by Gasteiger charge is -2.36. The molecule has 1 saturated heterocycles. The topological polar surface area (TPSA) is 54.5 Å². The molecular formula is C33H43NO3S. The van der Waals surface area contributed by atoms with Crippen LogP contribution in [0.1, 0.15) is 88.3 Å². The lowest BCUT2D eigenvalue weighted by atomic mass is 9.69. The number of carbonyl (C=O) groups excluding carboxylic acids is 1. The number of carbonyl (C=O) groups is 1. The van der Waals surface area contributed by atoms with Gasteiger partial charge < -0.3 is 0 Å². The van der Waals surface area contributed by atoms with Crippen LogP contribution in [0.5, 0.6) is 0 Å². The minimum atomic E-state index is -3.59. The molecule has 2 bridgehead atoms.